The number of nitrogens with one attached hydrogen (secondary N) is 1. The molecule has 23 heavy (non-hydrogen) atoms. The summed E-state index contributed by atoms with van der Waals surface area (Å²) in [5.74, 6) is -0.0174. The van der Waals surface area contributed by atoms with Crippen LogP contribution in [0.5, 0.6) is 0 Å². The lowest BCUT2D eigenvalue weighted by molar-refractivity contribution is -0.125. The maximum Gasteiger partial charge on any atom is 0.237 e. The van der Waals surface area contributed by atoms with Gasteiger partial charge in [0.1, 0.15) is 0 Å². The number of aliphatic hydroxyl groups is 1. The number of likely N-dealkylation sites (tertiary alicyclic amines) is 1. The van der Waals surface area contributed by atoms with E-state index in [4.69, 9.17) is 0 Å². The first-order valence-corrected chi connectivity index (χ1v) is 7.94. The molecule has 1 fully saturated rings. The molecular formula is C19H22N2O2. The molecule has 2 aromatic carbocycles. The summed E-state index contributed by atoms with van der Waals surface area (Å²) < 4.78 is 0. The van der Waals surface area contributed by atoms with Crippen LogP contribution in [0, 0.1) is 0 Å². The second-order valence-electron chi connectivity index (χ2n) is 6.13. The number of benzene rings is 2. The molecule has 0 saturated carbocycles. The summed E-state index contributed by atoms with van der Waals surface area (Å²) in [6, 6.07) is 18.2. The molecule has 1 heterocycles. The number of rotatable bonds is 4. The first kappa shape index (κ1) is 15.7. The summed E-state index contributed by atoms with van der Waals surface area (Å²) >= 11 is 0. The summed E-state index contributed by atoms with van der Waals surface area (Å²) in [6.45, 7) is 1.07. The monoisotopic (exact) mass is 310 g/mol. The van der Waals surface area contributed by atoms with Crippen LogP contribution in [0.25, 0.3) is 11.1 Å². The molecule has 2 aromatic rings. The Balaban J connectivity index is 1.58. The van der Waals surface area contributed by atoms with Gasteiger partial charge in [-0.15, -0.1) is 0 Å². The van der Waals surface area contributed by atoms with Gasteiger partial charge in [-0.1, -0.05) is 54.6 Å². The van der Waals surface area contributed by atoms with Crippen LogP contribution >= 0.6 is 0 Å². The van der Waals surface area contributed by atoms with Gasteiger partial charge in [0.15, 0.2) is 0 Å². The molecular weight excluding hydrogens is 288 g/mol. The zero-order valence-corrected chi connectivity index (χ0v) is 13.3. The molecule has 4 heteroatoms. The van der Waals surface area contributed by atoms with E-state index in [0.29, 0.717) is 19.5 Å². The quantitative estimate of drug-likeness (QED) is 0.908. The molecule has 1 amide bonds. The summed E-state index contributed by atoms with van der Waals surface area (Å²) in [7, 11) is 1.87. The van der Waals surface area contributed by atoms with Crippen LogP contribution in [0.1, 0.15) is 12.0 Å². The summed E-state index contributed by atoms with van der Waals surface area (Å²) in [5, 5.41) is 12.6. The van der Waals surface area contributed by atoms with Crippen molar-refractivity contribution in [3.63, 3.8) is 0 Å². The van der Waals surface area contributed by atoms with E-state index in [1.807, 2.05) is 42.3 Å². The average molecular weight is 310 g/mol. The van der Waals surface area contributed by atoms with Crippen molar-refractivity contribution in [1.29, 1.82) is 0 Å². The van der Waals surface area contributed by atoms with Crippen LogP contribution in [0.3, 0.4) is 0 Å². The lowest BCUT2D eigenvalue weighted by Gasteiger charge is -2.18. The fraction of sp³-hybridized carbons (Fsp3) is 0.316. The van der Waals surface area contributed by atoms with Gasteiger partial charge in [-0.2, -0.15) is 0 Å². The molecule has 2 N–H and O–H groups in total. The van der Waals surface area contributed by atoms with Gasteiger partial charge in [-0.05, 0) is 30.2 Å². The largest absolute Gasteiger partial charge is 0.392 e. The van der Waals surface area contributed by atoms with E-state index in [1.165, 1.54) is 11.1 Å². The van der Waals surface area contributed by atoms with Gasteiger partial charge in [0.05, 0.1) is 12.1 Å². The molecule has 2 atom stereocenters. The van der Waals surface area contributed by atoms with Crippen LogP contribution in [0.2, 0.25) is 0 Å². The van der Waals surface area contributed by atoms with E-state index in [9.17, 15) is 9.90 Å². The normalized spacial score (nSPS) is 21.3. The number of hydrogen-bond acceptors (Lipinski definition) is 3. The molecule has 0 aliphatic carbocycles. The zero-order chi connectivity index (χ0) is 16.2. The van der Waals surface area contributed by atoms with Crippen molar-refractivity contribution < 1.29 is 9.90 Å². The topological polar surface area (TPSA) is 52.6 Å². The Bertz CT molecular complexity index is 655. The third-order valence-corrected chi connectivity index (χ3v) is 4.36. The van der Waals surface area contributed by atoms with E-state index in [1.54, 1.807) is 0 Å². The van der Waals surface area contributed by atoms with Crippen LogP contribution < -0.4 is 5.32 Å². The van der Waals surface area contributed by atoms with Gasteiger partial charge in [-0.3, -0.25) is 9.69 Å². The number of hydrogen-bond donors (Lipinski definition) is 2. The lowest BCUT2D eigenvalue weighted by atomic mass is 10.0. The Morgan fingerprint density at radius 2 is 1.78 bits per heavy atom. The summed E-state index contributed by atoms with van der Waals surface area (Å²) in [5.41, 5.74) is 3.42. The van der Waals surface area contributed by atoms with Gasteiger partial charge >= 0.3 is 0 Å². The van der Waals surface area contributed by atoms with Crippen molar-refractivity contribution in [2.75, 3.05) is 13.6 Å². The fourth-order valence-corrected chi connectivity index (χ4v) is 3.03. The highest BCUT2D eigenvalue weighted by Gasteiger charge is 2.33. The number of carbonyl (C=O) groups is 1. The molecule has 4 nitrogen and oxygen atoms in total. The molecule has 120 valence electrons. The van der Waals surface area contributed by atoms with Crippen LogP contribution in [0.15, 0.2) is 54.6 Å². The van der Waals surface area contributed by atoms with Crippen molar-refractivity contribution in [3.8, 4) is 11.1 Å². The number of amides is 1. The Morgan fingerprint density at radius 3 is 2.39 bits per heavy atom. The number of nitrogens with zero attached hydrogens (tertiary/aromatic N) is 1. The van der Waals surface area contributed by atoms with Gasteiger partial charge in [0.25, 0.3) is 0 Å². The van der Waals surface area contributed by atoms with Crippen LogP contribution in [-0.4, -0.2) is 41.7 Å². The van der Waals surface area contributed by atoms with Crippen molar-refractivity contribution in [2.45, 2.75) is 25.1 Å². The first-order chi connectivity index (χ1) is 11.1. The third kappa shape index (κ3) is 3.78. The highest BCUT2D eigenvalue weighted by Crippen LogP contribution is 2.19. The molecule has 1 aliphatic heterocycles. The minimum absolute atomic E-state index is 0.0174. The van der Waals surface area contributed by atoms with Gasteiger partial charge < -0.3 is 10.4 Å². The van der Waals surface area contributed by atoms with E-state index >= 15 is 0 Å². The van der Waals surface area contributed by atoms with Gasteiger partial charge in [-0.25, -0.2) is 0 Å². The van der Waals surface area contributed by atoms with Crippen molar-refractivity contribution in [3.05, 3.63) is 60.2 Å². The highest BCUT2D eigenvalue weighted by molar-refractivity contribution is 5.82. The predicted octanol–water partition coefficient (Wildman–Crippen LogP) is 2.03. The molecule has 1 aliphatic rings. The SMILES string of the molecule is CN1C[C@H](O)CC1C(=O)NCc1ccc(-c2ccccc2)cc1. The molecule has 1 unspecified atom stereocenters. The first-order valence-electron chi connectivity index (χ1n) is 7.94. The molecule has 3 rings (SSSR count). The third-order valence-electron chi connectivity index (χ3n) is 4.36. The average Bonchev–Trinajstić information content (AvgIpc) is 2.92. The Hall–Kier alpha value is -2.17. The van der Waals surface area contributed by atoms with Gasteiger partial charge in [0, 0.05) is 13.1 Å². The number of β-amino-alcohol motifs (C(OH)–C–C–N with tert-alkyl or cyclic N) is 1. The van der Waals surface area contributed by atoms with E-state index < -0.39 is 6.10 Å². The molecule has 1 saturated heterocycles. The molecule has 0 spiro atoms. The summed E-state index contributed by atoms with van der Waals surface area (Å²) in [4.78, 5) is 14.1. The standard InChI is InChI=1S/C19H22N2O2/c1-21-13-17(22)11-18(21)19(23)20-12-14-7-9-16(10-8-14)15-5-3-2-4-6-15/h2-10,17-18,22H,11-13H2,1H3,(H,20,23)/t17-,18?/m1/s1. The molecule has 0 aromatic heterocycles. The zero-order valence-electron chi connectivity index (χ0n) is 13.3. The lowest BCUT2D eigenvalue weighted by Crippen LogP contribution is -2.41. The predicted molar refractivity (Wildman–Crippen MR) is 90.8 cm³/mol. The van der Waals surface area contributed by atoms with E-state index in [-0.39, 0.29) is 11.9 Å². The van der Waals surface area contributed by atoms with Crippen molar-refractivity contribution in [1.82, 2.24) is 10.2 Å². The Kier molecular flexibility index (Phi) is 4.74. The Morgan fingerprint density at radius 1 is 1.13 bits per heavy atom. The highest BCUT2D eigenvalue weighted by atomic mass is 16.3. The molecule has 0 radical (unpaired) electrons. The fourth-order valence-electron chi connectivity index (χ4n) is 3.03. The van der Waals surface area contributed by atoms with Gasteiger partial charge in [0.2, 0.25) is 5.91 Å². The number of likely N-dealkylation sites (N-methyl/N-ethyl adjacent to an activating group) is 1. The maximum absolute atomic E-state index is 12.2. The molecule has 0 bridgehead atoms. The van der Waals surface area contributed by atoms with Crippen molar-refractivity contribution in [2.24, 2.45) is 0 Å². The van der Waals surface area contributed by atoms with Crippen LogP contribution in [-0.2, 0) is 11.3 Å². The Labute approximate surface area is 136 Å². The van der Waals surface area contributed by atoms with Crippen LogP contribution in [0.4, 0.5) is 0 Å². The second-order valence-corrected chi connectivity index (χ2v) is 6.13. The van der Waals surface area contributed by atoms with Crippen molar-refractivity contribution >= 4 is 5.91 Å². The maximum atomic E-state index is 12.2. The minimum atomic E-state index is -0.402. The second kappa shape index (κ2) is 6.94. The minimum Gasteiger partial charge on any atom is -0.392 e. The summed E-state index contributed by atoms with van der Waals surface area (Å²) in [6.07, 6.45) is 0.107. The smallest absolute Gasteiger partial charge is 0.237 e. The van der Waals surface area contributed by atoms with E-state index in [0.717, 1.165) is 5.56 Å². The number of aliphatic hydroxyl groups excluding tert-OH is 1. The number of carbonyl (C=O) groups excluding carboxylic acids is 1. The van der Waals surface area contributed by atoms with E-state index in [2.05, 4.69) is 29.6 Å².